The fourth-order valence-electron chi connectivity index (χ4n) is 3.40. The zero-order valence-electron chi connectivity index (χ0n) is 14.0. The van der Waals surface area contributed by atoms with Gasteiger partial charge in [0.05, 0.1) is 0 Å². The summed E-state index contributed by atoms with van der Waals surface area (Å²) in [6.07, 6.45) is 1.81. The molecule has 0 aliphatic heterocycles. The van der Waals surface area contributed by atoms with Gasteiger partial charge in [-0.15, -0.1) is 0 Å². The largest absolute Gasteiger partial charge is 0.508 e. The predicted molar refractivity (Wildman–Crippen MR) is 105 cm³/mol. The first kappa shape index (κ1) is 15.3. The highest BCUT2D eigenvalue weighted by atomic mass is 16.3. The van der Waals surface area contributed by atoms with Crippen LogP contribution in [0.15, 0.2) is 67.2 Å². The van der Waals surface area contributed by atoms with E-state index < -0.39 is 0 Å². The quantitative estimate of drug-likeness (QED) is 0.472. The topological polar surface area (TPSA) is 40.5 Å². The molecule has 0 saturated heterocycles. The standard InChI is InChI=1S/C23H18O2/c1-3-15-9-16-7-8-18(24)13-22(16)21(10-15)17-11-20-14(2)5-4-6-19(20)23(25)12-17/h3-13,24-25H,1H2,2H3. The van der Waals surface area contributed by atoms with Crippen LogP contribution in [0.1, 0.15) is 11.1 Å². The minimum atomic E-state index is 0.223. The van der Waals surface area contributed by atoms with E-state index in [0.717, 1.165) is 43.8 Å². The van der Waals surface area contributed by atoms with E-state index in [1.807, 2.05) is 49.4 Å². The van der Waals surface area contributed by atoms with E-state index in [1.54, 1.807) is 18.2 Å². The van der Waals surface area contributed by atoms with Crippen molar-refractivity contribution < 1.29 is 10.2 Å². The van der Waals surface area contributed by atoms with Gasteiger partial charge in [-0.3, -0.25) is 0 Å². The van der Waals surface area contributed by atoms with Crippen LogP contribution < -0.4 is 0 Å². The lowest BCUT2D eigenvalue weighted by Crippen LogP contribution is -1.87. The monoisotopic (exact) mass is 326 g/mol. The lowest BCUT2D eigenvalue weighted by Gasteiger charge is -2.13. The third-order valence-electron chi connectivity index (χ3n) is 4.70. The highest BCUT2D eigenvalue weighted by Crippen LogP contribution is 2.38. The van der Waals surface area contributed by atoms with Crippen LogP contribution in [0.2, 0.25) is 0 Å². The van der Waals surface area contributed by atoms with E-state index in [2.05, 4.69) is 12.6 Å². The predicted octanol–water partition coefficient (Wildman–Crippen LogP) is 6.02. The lowest BCUT2D eigenvalue weighted by atomic mass is 9.92. The van der Waals surface area contributed by atoms with Crippen LogP contribution in [0.5, 0.6) is 11.5 Å². The summed E-state index contributed by atoms with van der Waals surface area (Å²) in [5.74, 6) is 0.481. The minimum Gasteiger partial charge on any atom is -0.508 e. The Morgan fingerprint density at radius 2 is 1.68 bits per heavy atom. The van der Waals surface area contributed by atoms with Crippen molar-refractivity contribution in [3.8, 4) is 22.6 Å². The Balaban J connectivity index is 2.10. The average molecular weight is 326 g/mol. The molecular formula is C23H18O2. The number of hydrogen-bond donors (Lipinski definition) is 2. The molecule has 0 spiro atoms. The van der Waals surface area contributed by atoms with Crippen molar-refractivity contribution in [1.82, 2.24) is 0 Å². The van der Waals surface area contributed by atoms with Gasteiger partial charge in [-0.1, -0.05) is 36.9 Å². The Bertz CT molecular complexity index is 1140. The van der Waals surface area contributed by atoms with Gasteiger partial charge in [-0.25, -0.2) is 0 Å². The average Bonchev–Trinajstić information content (AvgIpc) is 2.61. The number of rotatable bonds is 2. The summed E-state index contributed by atoms with van der Waals surface area (Å²) in [5.41, 5.74) is 3.99. The van der Waals surface area contributed by atoms with Gasteiger partial charge in [0.15, 0.2) is 0 Å². The number of phenolic OH excluding ortho intramolecular Hbond substituents is 2. The van der Waals surface area contributed by atoms with Gasteiger partial charge >= 0.3 is 0 Å². The van der Waals surface area contributed by atoms with Crippen molar-refractivity contribution in [3.05, 3.63) is 78.4 Å². The molecule has 4 rings (SSSR count). The van der Waals surface area contributed by atoms with Crippen LogP contribution >= 0.6 is 0 Å². The molecule has 0 aliphatic rings. The van der Waals surface area contributed by atoms with Crippen LogP contribution in [-0.4, -0.2) is 10.2 Å². The number of aryl methyl sites for hydroxylation is 1. The fraction of sp³-hybridized carbons (Fsp3) is 0.0435. The minimum absolute atomic E-state index is 0.223. The first-order valence-electron chi connectivity index (χ1n) is 8.19. The molecule has 0 radical (unpaired) electrons. The van der Waals surface area contributed by atoms with Gasteiger partial charge in [0.25, 0.3) is 0 Å². The highest BCUT2D eigenvalue weighted by molar-refractivity contribution is 6.02. The Labute approximate surface area is 146 Å². The zero-order chi connectivity index (χ0) is 17.6. The summed E-state index contributed by atoms with van der Waals surface area (Å²) in [4.78, 5) is 0. The molecule has 0 aromatic heterocycles. The molecule has 0 heterocycles. The van der Waals surface area contributed by atoms with Gasteiger partial charge in [-0.2, -0.15) is 0 Å². The molecule has 2 nitrogen and oxygen atoms in total. The Kier molecular flexibility index (Phi) is 3.47. The second-order valence-corrected chi connectivity index (χ2v) is 6.34. The summed E-state index contributed by atoms with van der Waals surface area (Å²) in [7, 11) is 0. The lowest BCUT2D eigenvalue weighted by molar-refractivity contribution is 0.476. The zero-order valence-corrected chi connectivity index (χ0v) is 14.0. The summed E-state index contributed by atoms with van der Waals surface area (Å²) in [6, 6.07) is 19.2. The smallest absolute Gasteiger partial charge is 0.124 e. The molecule has 0 bridgehead atoms. The summed E-state index contributed by atoms with van der Waals surface area (Å²) < 4.78 is 0. The van der Waals surface area contributed by atoms with Crippen LogP contribution in [-0.2, 0) is 0 Å². The molecule has 25 heavy (non-hydrogen) atoms. The summed E-state index contributed by atoms with van der Waals surface area (Å²) in [6.45, 7) is 5.91. The maximum absolute atomic E-state index is 10.5. The first-order chi connectivity index (χ1) is 12.1. The van der Waals surface area contributed by atoms with Gasteiger partial charge in [0, 0.05) is 5.39 Å². The maximum atomic E-state index is 10.5. The molecule has 0 fully saturated rings. The van der Waals surface area contributed by atoms with Gasteiger partial charge in [0.1, 0.15) is 11.5 Å². The van der Waals surface area contributed by atoms with E-state index in [1.165, 1.54) is 0 Å². The maximum Gasteiger partial charge on any atom is 0.124 e. The molecule has 4 aromatic rings. The van der Waals surface area contributed by atoms with E-state index in [4.69, 9.17) is 0 Å². The first-order valence-corrected chi connectivity index (χ1v) is 8.19. The van der Waals surface area contributed by atoms with Crippen LogP contribution in [0.3, 0.4) is 0 Å². The van der Waals surface area contributed by atoms with Gasteiger partial charge < -0.3 is 10.2 Å². The molecule has 0 atom stereocenters. The molecule has 4 aromatic carbocycles. The van der Waals surface area contributed by atoms with E-state index in [9.17, 15) is 10.2 Å². The van der Waals surface area contributed by atoms with Crippen LogP contribution in [0.25, 0.3) is 38.7 Å². The highest BCUT2D eigenvalue weighted by Gasteiger charge is 2.11. The number of fused-ring (bicyclic) bond motifs is 2. The van der Waals surface area contributed by atoms with Crippen molar-refractivity contribution in [2.45, 2.75) is 6.92 Å². The summed E-state index contributed by atoms with van der Waals surface area (Å²) >= 11 is 0. The van der Waals surface area contributed by atoms with E-state index in [0.29, 0.717) is 0 Å². The van der Waals surface area contributed by atoms with Crippen molar-refractivity contribution in [2.75, 3.05) is 0 Å². The van der Waals surface area contributed by atoms with Crippen molar-refractivity contribution >= 4 is 27.6 Å². The van der Waals surface area contributed by atoms with E-state index >= 15 is 0 Å². The van der Waals surface area contributed by atoms with E-state index in [-0.39, 0.29) is 11.5 Å². The molecular weight excluding hydrogens is 308 g/mol. The third kappa shape index (κ3) is 2.52. The molecule has 0 amide bonds. The normalized spacial score (nSPS) is 11.1. The van der Waals surface area contributed by atoms with Crippen molar-refractivity contribution in [2.24, 2.45) is 0 Å². The van der Waals surface area contributed by atoms with Gasteiger partial charge in [-0.05, 0) is 81.7 Å². The van der Waals surface area contributed by atoms with Crippen molar-refractivity contribution in [3.63, 3.8) is 0 Å². The summed E-state index contributed by atoms with van der Waals surface area (Å²) in [5, 5.41) is 24.3. The fourth-order valence-corrected chi connectivity index (χ4v) is 3.40. The number of hydrogen-bond acceptors (Lipinski definition) is 2. The number of aromatic hydroxyl groups is 2. The molecule has 122 valence electrons. The molecule has 2 heteroatoms. The molecule has 0 aliphatic carbocycles. The second kappa shape index (κ2) is 5.67. The van der Waals surface area contributed by atoms with Crippen LogP contribution in [0, 0.1) is 6.92 Å². The Hall–Kier alpha value is -3.26. The van der Waals surface area contributed by atoms with Crippen LogP contribution in [0.4, 0.5) is 0 Å². The molecule has 0 saturated carbocycles. The van der Waals surface area contributed by atoms with Gasteiger partial charge in [0.2, 0.25) is 0 Å². The molecule has 2 N–H and O–H groups in total. The second-order valence-electron chi connectivity index (χ2n) is 6.34. The SMILES string of the molecule is C=Cc1cc(-c2cc(O)c3cccc(C)c3c2)c2cc(O)ccc2c1. The number of phenols is 2. The molecule has 0 unspecified atom stereocenters. The Morgan fingerprint density at radius 1 is 0.840 bits per heavy atom. The van der Waals surface area contributed by atoms with Crippen molar-refractivity contribution in [1.29, 1.82) is 0 Å². The number of benzene rings is 4. The third-order valence-corrected chi connectivity index (χ3v) is 4.70. The Morgan fingerprint density at radius 3 is 2.48 bits per heavy atom.